The summed E-state index contributed by atoms with van der Waals surface area (Å²) in [5.41, 5.74) is 4.00. The summed E-state index contributed by atoms with van der Waals surface area (Å²) in [6, 6.07) is 24.3. The van der Waals surface area contributed by atoms with Crippen LogP contribution in [0.2, 0.25) is 0 Å². The van der Waals surface area contributed by atoms with Crippen LogP contribution in [0.25, 0.3) is 17.0 Å². The summed E-state index contributed by atoms with van der Waals surface area (Å²) in [5.74, 6) is -0.0916. The summed E-state index contributed by atoms with van der Waals surface area (Å²) in [7, 11) is 0. The van der Waals surface area contributed by atoms with E-state index >= 15 is 0 Å². The van der Waals surface area contributed by atoms with E-state index in [9.17, 15) is 14.9 Å². The van der Waals surface area contributed by atoms with Crippen LogP contribution in [0.1, 0.15) is 16.7 Å². The zero-order valence-electron chi connectivity index (χ0n) is 18.0. The molecule has 4 aromatic rings. The average molecular weight is 486 g/mol. The van der Waals surface area contributed by atoms with E-state index in [0.717, 1.165) is 27.6 Å². The standard InChI is InChI=1S/C26H19N3O3S2/c30-25-24(34-26(33)28(25)16-18-6-2-1-3-7-18)14-20-17-27(23-9-5-4-8-22(20)23)15-19-10-12-21(13-11-19)29(31)32/h1-14,17H,15-16H2/b24-14+. The third-order valence-corrected chi connectivity index (χ3v) is 7.04. The van der Waals surface area contributed by atoms with Crippen molar-refractivity contribution in [3.05, 3.63) is 117 Å². The molecule has 5 rings (SSSR count). The number of aromatic nitrogens is 1. The van der Waals surface area contributed by atoms with E-state index in [-0.39, 0.29) is 11.6 Å². The highest BCUT2D eigenvalue weighted by molar-refractivity contribution is 8.26. The molecule has 1 aromatic heterocycles. The van der Waals surface area contributed by atoms with E-state index < -0.39 is 4.92 Å². The van der Waals surface area contributed by atoms with Crippen LogP contribution >= 0.6 is 24.0 Å². The number of non-ortho nitro benzene ring substituents is 1. The van der Waals surface area contributed by atoms with Crippen molar-refractivity contribution < 1.29 is 9.72 Å². The lowest BCUT2D eigenvalue weighted by molar-refractivity contribution is -0.384. The van der Waals surface area contributed by atoms with E-state index in [1.54, 1.807) is 17.0 Å². The smallest absolute Gasteiger partial charge is 0.269 e. The van der Waals surface area contributed by atoms with Crippen molar-refractivity contribution in [3.63, 3.8) is 0 Å². The van der Waals surface area contributed by atoms with Crippen molar-refractivity contribution in [1.29, 1.82) is 0 Å². The van der Waals surface area contributed by atoms with Gasteiger partial charge in [-0.15, -0.1) is 0 Å². The molecule has 2 heterocycles. The lowest BCUT2D eigenvalue weighted by atomic mass is 10.1. The molecule has 0 spiro atoms. The summed E-state index contributed by atoms with van der Waals surface area (Å²) in [6.07, 6.45) is 3.91. The number of benzene rings is 3. The van der Waals surface area contributed by atoms with Gasteiger partial charge in [-0.2, -0.15) is 0 Å². The second-order valence-electron chi connectivity index (χ2n) is 7.91. The van der Waals surface area contributed by atoms with Gasteiger partial charge in [0.05, 0.1) is 16.4 Å². The Kier molecular flexibility index (Phi) is 6.00. The van der Waals surface area contributed by atoms with Crippen LogP contribution in [0, 0.1) is 10.1 Å². The zero-order valence-corrected chi connectivity index (χ0v) is 19.6. The van der Waals surface area contributed by atoms with Crippen LogP contribution in [-0.2, 0) is 17.9 Å². The Labute approximate surface area is 205 Å². The number of nitro benzene ring substituents is 1. The number of amides is 1. The van der Waals surface area contributed by atoms with Crippen LogP contribution in [0.3, 0.4) is 0 Å². The van der Waals surface area contributed by atoms with Crippen molar-refractivity contribution >= 4 is 56.9 Å². The van der Waals surface area contributed by atoms with Gasteiger partial charge in [0.15, 0.2) is 0 Å². The molecule has 8 heteroatoms. The molecule has 0 N–H and O–H groups in total. The zero-order chi connectivity index (χ0) is 23.7. The second kappa shape index (κ2) is 9.24. The van der Waals surface area contributed by atoms with Gasteiger partial charge >= 0.3 is 0 Å². The van der Waals surface area contributed by atoms with E-state index in [1.807, 2.05) is 66.9 Å². The van der Waals surface area contributed by atoms with E-state index in [0.29, 0.717) is 22.3 Å². The maximum absolute atomic E-state index is 13.1. The Morgan fingerprint density at radius 2 is 1.59 bits per heavy atom. The Balaban J connectivity index is 1.44. The van der Waals surface area contributed by atoms with Gasteiger partial charge in [0.25, 0.3) is 11.6 Å². The summed E-state index contributed by atoms with van der Waals surface area (Å²) >= 11 is 6.82. The molecule has 1 fully saturated rings. The van der Waals surface area contributed by atoms with Gasteiger partial charge in [-0.05, 0) is 23.3 Å². The van der Waals surface area contributed by atoms with E-state index in [4.69, 9.17) is 12.2 Å². The Bertz CT molecular complexity index is 1440. The van der Waals surface area contributed by atoms with Crippen LogP contribution in [0.5, 0.6) is 0 Å². The molecule has 0 unspecified atom stereocenters. The number of thioether (sulfide) groups is 1. The molecular weight excluding hydrogens is 466 g/mol. The van der Waals surface area contributed by atoms with Crippen LogP contribution in [-0.4, -0.2) is 24.6 Å². The molecule has 34 heavy (non-hydrogen) atoms. The quantitative estimate of drug-likeness (QED) is 0.145. The van der Waals surface area contributed by atoms with Crippen molar-refractivity contribution in [2.24, 2.45) is 0 Å². The fourth-order valence-electron chi connectivity index (χ4n) is 3.98. The first-order valence-electron chi connectivity index (χ1n) is 10.6. The minimum atomic E-state index is -0.402. The number of hydrogen-bond acceptors (Lipinski definition) is 5. The van der Waals surface area contributed by atoms with Crippen LogP contribution in [0.15, 0.2) is 90.0 Å². The lowest BCUT2D eigenvalue weighted by Crippen LogP contribution is -2.27. The number of hydrogen-bond donors (Lipinski definition) is 0. The Morgan fingerprint density at radius 3 is 2.32 bits per heavy atom. The third kappa shape index (κ3) is 4.37. The van der Waals surface area contributed by atoms with Crippen molar-refractivity contribution in [3.8, 4) is 0 Å². The highest BCUT2D eigenvalue weighted by Crippen LogP contribution is 2.35. The molecule has 0 atom stereocenters. The first-order valence-corrected chi connectivity index (χ1v) is 11.8. The maximum Gasteiger partial charge on any atom is 0.269 e. The molecule has 1 saturated heterocycles. The number of para-hydroxylation sites is 1. The summed E-state index contributed by atoms with van der Waals surface area (Å²) < 4.78 is 2.64. The molecule has 0 bridgehead atoms. The number of carbonyl (C=O) groups is 1. The summed E-state index contributed by atoms with van der Waals surface area (Å²) in [4.78, 5) is 25.9. The molecule has 1 aliphatic heterocycles. The highest BCUT2D eigenvalue weighted by Gasteiger charge is 2.32. The predicted octanol–water partition coefficient (Wildman–Crippen LogP) is 6.00. The van der Waals surface area contributed by atoms with Gasteiger partial charge in [-0.3, -0.25) is 19.8 Å². The maximum atomic E-state index is 13.1. The number of nitrogens with zero attached hydrogens (tertiary/aromatic N) is 3. The molecule has 0 aliphatic carbocycles. The largest absolute Gasteiger partial charge is 0.342 e. The first-order chi connectivity index (χ1) is 16.5. The SMILES string of the molecule is O=C1/C(=C\c2cn(Cc3ccc([N+](=O)[O-])cc3)c3ccccc23)SC(=S)N1Cc1ccccc1. The molecule has 1 amide bonds. The van der Waals surface area contributed by atoms with Gasteiger partial charge in [-0.25, -0.2) is 0 Å². The summed E-state index contributed by atoms with van der Waals surface area (Å²) in [5, 5.41) is 12.0. The Hall–Kier alpha value is -3.75. The van der Waals surface area contributed by atoms with Gasteiger partial charge in [0.1, 0.15) is 4.32 Å². The molecule has 3 aromatic carbocycles. The number of carbonyl (C=O) groups excluding carboxylic acids is 1. The molecule has 0 saturated carbocycles. The fraction of sp³-hybridized carbons (Fsp3) is 0.0769. The average Bonchev–Trinajstić information content (AvgIpc) is 3.32. The first kappa shape index (κ1) is 22.1. The number of nitro groups is 1. The summed E-state index contributed by atoms with van der Waals surface area (Å²) in [6.45, 7) is 1.01. The van der Waals surface area contributed by atoms with Gasteiger partial charge < -0.3 is 4.57 Å². The minimum Gasteiger partial charge on any atom is -0.342 e. The van der Waals surface area contributed by atoms with E-state index in [1.165, 1.54) is 23.9 Å². The van der Waals surface area contributed by atoms with Gasteiger partial charge in [-0.1, -0.05) is 84.6 Å². The molecule has 6 nitrogen and oxygen atoms in total. The molecule has 168 valence electrons. The fourth-order valence-corrected chi connectivity index (χ4v) is 5.23. The lowest BCUT2D eigenvalue weighted by Gasteiger charge is -2.14. The second-order valence-corrected chi connectivity index (χ2v) is 9.58. The minimum absolute atomic E-state index is 0.0688. The third-order valence-electron chi connectivity index (χ3n) is 5.66. The number of fused-ring (bicyclic) bond motifs is 1. The van der Waals surface area contributed by atoms with Crippen molar-refractivity contribution in [2.45, 2.75) is 13.1 Å². The highest BCUT2D eigenvalue weighted by atomic mass is 32.2. The van der Waals surface area contributed by atoms with Gasteiger partial charge in [0, 0.05) is 41.3 Å². The number of thiocarbonyl (C=S) groups is 1. The van der Waals surface area contributed by atoms with Crippen LogP contribution in [0.4, 0.5) is 5.69 Å². The molecule has 1 aliphatic rings. The van der Waals surface area contributed by atoms with Crippen molar-refractivity contribution in [2.75, 3.05) is 0 Å². The number of rotatable bonds is 6. The van der Waals surface area contributed by atoms with Gasteiger partial charge in [0.2, 0.25) is 0 Å². The molecule has 0 radical (unpaired) electrons. The predicted molar refractivity (Wildman–Crippen MR) is 139 cm³/mol. The topological polar surface area (TPSA) is 68.4 Å². The van der Waals surface area contributed by atoms with E-state index in [2.05, 4.69) is 4.57 Å². The Morgan fingerprint density at radius 1 is 0.912 bits per heavy atom. The van der Waals surface area contributed by atoms with Crippen LogP contribution < -0.4 is 0 Å². The normalized spacial score (nSPS) is 14.9. The molecular formula is C26H19N3O3S2. The van der Waals surface area contributed by atoms with Crippen molar-refractivity contribution in [1.82, 2.24) is 9.47 Å². The monoisotopic (exact) mass is 485 g/mol.